The molecule has 1 saturated heterocycles. The zero-order chi connectivity index (χ0) is 20.4. The summed E-state index contributed by atoms with van der Waals surface area (Å²) in [7, 11) is 0. The van der Waals surface area contributed by atoms with Gasteiger partial charge in [0.15, 0.2) is 5.65 Å². The van der Waals surface area contributed by atoms with Crippen molar-refractivity contribution in [3.05, 3.63) is 47.8 Å². The summed E-state index contributed by atoms with van der Waals surface area (Å²) in [4.78, 5) is 29.8. The zero-order valence-electron chi connectivity index (χ0n) is 16.7. The van der Waals surface area contributed by atoms with Gasteiger partial charge < -0.3 is 16.0 Å². The molecule has 3 heterocycles. The molecular weight excluding hydrogens is 366 g/mol. The van der Waals surface area contributed by atoms with E-state index in [2.05, 4.69) is 30.1 Å². The van der Waals surface area contributed by atoms with Gasteiger partial charge in [0.1, 0.15) is 18.0 Å². The normalized spacial score (nSPS) is 14.9. The van der Waals surface area contributed by atoms with E-state index in [1.165, 1.54) is 11.9 Å². The van der Waals surface area contributed by atoms with E-state index >= 15 is 0 Å². The van der Waals surface area contributed by atoms with Crippen LogP contribution in [0.25, 0.3) is 11.0 Å². The van der Waals surface area contributed by atoms with Crippen LogP contribution in [0.5, 0.6) is 0 Å². The molecule has 1 aromatic carbocycles. The molecule has 29 heavy (non-hydrogen) atoms. The molecule has 0 atom stereocenters. The minimum absolute atomic E-state index is 0.0133. The number of hydrogen-bond acceptors (Lipinski definition) is 7. The van der Waals surface area contributed by atoms with Crippen molar-refractivity contribution in [2.75, 3.05) is 48.7 Å². The molecule has 1 fully saturated rings. The number of carbonyl (C=O) groups excluding carboxylic acids is 1. The van der Waals surface area contributed by atoms with Crippen LogP contribution in [0.15, 0.2) is 36.7 Å². The molecule has 1 aliphatic rings. The first-order chi connectivity index (χ1) is 14.0. The molecule has 0 spiro atoms. The number of pyridine rings is 1. The van der Waals surface area contributed by atoms with Gasteiger partial charge in [-0.1, -0.05) is 12.1 Å². The number of aryl methyl sites for hydroxylation is 1. The third kappa shape index (κ3) is 4.12. The van der Waals surface area contributed by atoms with Crippen LogP contribution in [0.4, 0.5) is 17.3 Å². The van der Waals surface area contributed by atoms with Crippen LogP contribution in [-0.2, 0) is 4.79 Å². The number of nitrogen functional groups attached to an aromatic ring is 1. The highest BCUT2D eigenvalue weighted by Gasteiger charge is 2.22. The van der Waals surface area contributed by atoms with E-state index in [0.29, 0.717) is 18.0 Å². The molecule has 1 amide bonds. The standard InChI is InChI=1S/C21H25N7O/c1-14-4-3-5-17(15(14)2)25-19(29)12-27-8-10-28(11-9-27)21-16-6-7-18(22)26-20(16)23-13-24-21/h3-7,13H,8-12H2,1-2H3,(H,25,29)(H2,22,23,24,26). The van der Waals surface area contributed by atoms with Gasteiger partial charge in [0, 0.05) is 31.9 Å². The molecular formula is C21H25N7O. The number of hydrogen-bond donors (Lipinski definition) is 2. The highest BCUT2D eigenvalue weighted by molar-refractivity contribution is 5.93. The minimum atomic E-state index is 0.0133. The summed E-state index contributed by atoms with van der Waals surface area (Å²) in [5.74, 6) is 1.32. The second-order valence-electron chi connectivity index (χ2n) is 7.36. The van der Waals surface area contributed by atoms with Crippen LogP contribution in [0.2, 0.25) is 0 Å². The van der Waals surface area contributed by atoms with Crippen molar-refractivity contribution >= 4 is 34.3 Å². The Morgan fingerprint density at radius 1 is 1.10 bits per heavy atom. The van der Waals surface area contributed by atoms with Crippen LogP contribution < -0.4 is 16.0 Å². The van der Waals surface area contributed by atoms with Gasteiger partial charge in [-0.3, -0.25) is 9.69 Å². The summed E-state index contributed by atoms with van der Waals surface area (Å²) in [5.41, 5.74) is 9.52. The predicted molar refractivity (Wildman–Crippen MR) is 115 cm³/mol. The minimum Gasteiger partial charge on any atom is -0.384 e. The molecule has 4 rings (SSSR count). The molecule has 1 aliphatic heterocycles. The van der Waals surface area contributed by atoms with Gasteiger partial charge in [0.05, 0.1) is 11.9 Å². The van der Waals surface area contributed by atoms with Crippen LogP contribution in [0.1, 0.15) is 11.1 Å². The lowest BCUT2D eigenvalue weighted by Gasteiger charge is -2.35. The third-order valence-corrected chi connectivity index (χ3v) is 5.42. The van der Waals surface area contributed by atoms with Crippen molar-refractivity contribution in [3.63, 3.8) is 0 Å². The lowest BCUT2D eigenvalue weighted by Crippen LogP contribution is -2.49. The number of carbonyl (C=O) groups is 1. The van der Waals surface area contributed by atoms with Crippen LogP contribution in [-0.4, -0.2) is 58.5 Å². The Morgan fingerprint density at radius 2 is 1.90 bits per heavy atom. The largest absolute Gasteiger partial charge is 0.384 e. The van der Waals surface area contributed by atoms with Gasteiger partial charge in [0.2, 0.25) is 5.91 Å². The Bertz CT molecular complexity index is 1040. The third-order valence-electron chi connectivity index (χ3n) is 5.42. The van der Waals surface area contributed by atoms with E-state index in [9.17, 15) is 4.79 Å². The number of piperazine rings is 1. The van der Waals surface area contributed by atoms with Gasteiger partial charge in [-0.05, 0) is 43.2 Å². The lowest BCUT2D eigenvalue weighted by atomic mass is 10.1. The van der Waals surface area contributed by atoms with Crippen molar-refractivity contribution in [2.24, 2.45) is 0 Å². The summed E-state index contributed by atoms with van der Waals surface area (Å²) in [6.07, 6.45) is 1.52. The van der Waals surface area contributed by atoms with E-state index in [4.69, 9.17) is 5.73 Å². The van der Waals surface area contributed by atoms with Gasteiger partial charge in [-0.2, -0.15) is 0 Å². The summed E-state index contributed by atoms with van der Waals surface area (Å²) in [6.45, 7) is 7.59. The van der Waals surface area contributed by atoms with Crippen LogP contribution in [0, 0.1) is 13.8 Å². The lowest BCUT2D eigenvalue weighted by molar-refractivity contribution is -0.117. The quantitative estimate of drug-likeness (QED) is 0.701. The maximum Gasteiger partial charge on any atom is 0.238 e. The van der Waals surface area contributed by atoms with Gasteiger partial charge in [0.25, 0.3) is 0 Å². The fourth-order valence-corrected chi connectivity index (χ4v) is 3.59. The Kier molecular flexibility index (Phi) is 5.26. The first kappa shape index (κ1) is 19.1. The number of nitrogens with zero attached hydrogens (tertiary/aromatic N) is 5. The Balaban J connectivity index is 1.37. The molecule has 0 unspecified atom stereocenters. The van der Waals surface area contributed by atoms with E-state index in [0.717, 1.165) is 48.6 Å². The van der Waals surface area contributed by atoms with Crippen molar-refractivity contribution in [2.45, 2.75) is 13.8 Å². The highest BCUT2D eigenvalue weighted by Crippen LogP contribution is 2.23. The molecule has 0 saturated carbocycles. The van der Waals surface area contributed by atoms with E-state index in [1.807, 2.05) is 38.1 Å². The van der Waals surface area contributed by atoms with Crippen molar-refractivity contribution in [3.8, 4) is 0 Å². The number of rotatable bonds is 4. The van der Waals surface area contributed by atoms with Crippen molar-refractivity contribution in [1.82, 2.24) is 19.9 Å². The molecule has 8 heteroatoms. The van der Waals surface area contributed by atoms with Crippen molar-refractivity contribution < 1.29 is 4.79 Å². The molecule has 3 aromatic rings. The Labute approximate surface area is 169 Å². The molecule has 0 bridgehead atoms. The Morgan fingerprint density at radius 3 is 2.69 bits per heavy atom. The van der Waals surface area contributed by atoms with Gasteiger partial charge in [-0.25, -0.2) is 15.0 Å². The summed E-state index contributed by atoms with van der Waals surface area (Å²) >= 11 is 0. The number of aromatic nitrogens is 3. The second-order valence-corrected chi connectivity index (χ2v) is 7.36. The van der Waals surface area contributed by atoms with E-state index in [-0.39, 0.29) is 5.91 Å². The zero-order valence-corrected chi connectivity index (χ0v) is 16.7. The first-order valence-corrected chi connectivity index (χ1v) is 9.72. The average Bonchev–Trinajstić information content (AvgIpc) is 2.71. The SMILES string of the molecule is Cc1cccc(NC(=O)CN2CCN(c3ncnc4nc(N)ccc34)CC2)c1C. The summed E-state index contributed by atoms with van der Waals surface area (Å²) in [5, 5.41) is 3.93. The number of benzene rings is 1. The van der Waals surface area contributed by atoms with Gasteiger partial charge >= 0.3 is 0 Å². The molecule has 2 aromatic heterocycles. The Hall–Kier alpha value is -3.26. The van der Waals surface area contributed by atoms with E-state index in [1.54, 1.807) is 6.07 Å². The molecule has 0 aliphatic carbocycles. The highest BCUT2D eigenvalue weighted by atomic mass is 16.2. The second kappa shape index (κ2) is 8.00. The number of fused-ring (bicyclic) bond motifs is 1. The molecule has 8 nitrogen and oxygen atoms in total. The number of nitrogens with two attached hydrogens (primary N) is 1. The van der Waals surface area contributed by atoms with Crippen LogP contribution in [0.3, 0.4) is 0 Å². The summed E-state index contributed by atoms with van der Waals surface area (Å²) in [6, 6.07) is 9.63. The maximum absolute atomic E-state index is 12.5. The van der Waals surface area contributed by atoms with Crippen LogP contribution >= 0.6 is 0 Å². The summed E-state index contributed by atoms with van der Waals surface area (Å²) < 4.78 is 0. The van der Waals surface area contributed by atoms with E-state index < -0.39 is 0 Å². The molecule has 150 valence electrons. The fraction of sp³-hybridized carbons (Fsp3) is 0.333. The fourth-order valence-electron chi connectivity index (χ4n) is 3.59. The van der Waals surface area contributed by atoms with Gasteiger partial charge in [-0.15, -0.1) is 0 Å². The monoisotopic (exact) mass is 391 g/mol. The topological polar surface area (TPSA) is 100 Å². The smallest absolute Gasteiger partial charge is 0.238 e. The van der Waals surface area contributed by atoms with Crippen molar-refractivity contribution in [1.29, 1.82) is 0 Å². The number of amides is 1. The molecule has 3 N–H and O–H groups in total. The maximum atomic E-state index is 12.5. The first-order valence-electron chi connectivity index (χ1n) is 9.72. The predicted octanol–water partition coefficient (Wildman–Crippen LogP) is 1.98. The number of nitrogens with one attached hydrogen (secondary N) is 1. The molecule has 0 radical (unpaired) electrons. The average molecular weight is 391 g/mol. The number of anilines is 3.